The van der Waals surface area contributed by atoms with E-state index in [9.17, 15) is 14.9 Å². The predicted octanol–water partition coefficient (Wildman–Crippen LogP) is 5.55. The standard InChI is InChI=1S/C25H17Cl2N3O4/c1-33-22-11-15(9-20(27)23(22)34-14-17-6-3-2-5-16(17)13-28)10-21-24(31)30(25(32)29-21)19-8-4-7-18(26)12-19/h2-12H,14H2,1H3,(H,29,32)/b21-10+. The fraction of sp³-hybridized carbons (Fsp3) is 0.0800. The number of methoxy groups -OCH3 is 1. The molecule has 0 aromatic heterocycles. The van der Waals surface area contributed by atoms with E-state index in [0.29, 0.717) is 38.9 Å². The van der Waals surface area contributed by atoms with Gasteiger partial charge in [-0.25, -0.2) is 9.69 Å². The maximum Gasteiger partial charge on any atom is 0.333 e. The van der Waals surface area contributed by atoms with Crippen LogP contribution in [0.4, 0.5) is 10.5 Å². The summed E-state index contributed by atoms with van der Waals surface area (Å²) in [6.45, 7) is 0.114. The van der Waals surface area contributed by atoms with Crippen molar-refractivity contribution in [2.45, 2.75) is 6.61 Å². The molecule has 1 saturated heterocycles. The molecule has 3 aromatic rings. The number of nitrogens with zero attached hydrogens (tertiary/aromatic N) is 2. The topological polar surface area (TPSA) is 91.7 Å². The average Bonchev–Trinajstić information content (AvgIpc) is 3.10. The van der Waals surface area contributed by atoms with Crippen LogP contribution in [0.2, 0.25) is 10.0 Å². The Bertz CT molecular complexity index is 1360. The van der Waals surface area contributed by atoms with Gasteiger partial charge >= 0.3 is 6.03 Å². The van der Waals surface area contributed by atoms with E-state index in [0.717, 1.165) is 4.90 Å². The number of carbonyl (C=O) groups excluding carboxylic acids is 2. The van der Waals surface area contributed by atoms with Crippen molar-refractivity contribution in [1.82, 2.24) is 5.32 Å². The predicted molar refractivity (Wildman–Crippen MR) is 129 cm³/mol. The summed E-state index contributed by atoms with van der Waals surface area (Å²) < 4.78 is 11.3. The third-order valence-corrected chi connectivity index (χ3v) is 5.53. The number of rotatable bonds is 6. The third kappa shape index (κ3) is 4.69. The van der Waals surface area contributed by atoms with E-state index in [1.165, 1.54) is 19.3 Å². The fourth-order valence-corrected chi connectivity index (χ4v) is 3.88. The second-order valence-corrected chi connectivity index (χ2v) is 8.04. The molecule has 0 bridgehead atoms. The second kappa shape index (κ2) is 9.87. The number of benzene rings is 3. The summed E-state index contributed by atoms with van der Waals surface area (Å²) in [6, 6.07) is 18.3. The zero-order chi connectivity index (χ0) is 24.2. The smallest absolute Gasteiger partial charge is 0.333 e. The first-order valence-electron chi connectivity index (χ1n) is 10.0. The molecular formula is C25H17Cl2N3O4. The lowest BCUT2D eigenvalue weighted by molar-refractivity contribution is -0.113. The number of amides is 3. The lowest BCUT2D eigenvalue weighted by Crippen LogP contribution is -2.30. The Morgan fingerprint density at radius 3 is 2.62 bits per heavy atom. The highest BCUT2D eigenvalue weighted by molar-refractivity contribution is 6.33. The lowest BCUT2D eigenvalue weighted by Gasteiger charge is -2.14. The molecule has 1 aliphatic heterocycles. The highest BCUT2D eigenvalue weighted by Crippen LogP contribution is 2.38. The summed E-state index contributed by atoms with van der Waals surface area (Å²) in [5.74, 6) is 0.0921. The van der Waals surface area contributed by atoms with Gasteiger partial charge in [0.15, 0.2) is 11.5 Å². The van der Waals surface area contributed by atoms with Crippen molar-refractivity contribution in [1.29, 1.82) is 5.26 Å². The minimum Gasteiger partial charge on any atom is -0.493 e. The van der Waals surface area contributed by atoms with Gasteiger partial charge in [-0.2, -0.15) is 5.26 Å². The molecule has 9 heteroatoms. The Morgan fingerprint density at radius 1 is 1.09 bits per heavy atom. The van der Waals surface area contributed by atoms with Crippen LogP contribution in [0.1, 0.15) is 16.7 Å². The Hall–Kier alpha value is -3.99. The van der Waals surface area contributed by atoms with Crippen LogP contribution in [-0.4, -0.2) is 19.0 Å². The summed E-state index contributed by atoms with van der Waals surface area (Å²) >= 11 is 12.4. The highest BCUT2D eigenvalue weighted by Gasteiger charge is 2.35. The zero-order valence-corrected chi connectivity index (χ0v) is 19.4. The molecular weight excluding hydrogens is 477 g/mol. The Morgan fingerprint density at radius 2 is 1.88 bits per heavy atom. The van der Waals surface area contributed by atoms with Crippen LogP contribution in [0, 0.1) is 11.3 Å². The minimum atomic E-state index is -0.590. The van der Waals surface area contributed by atoms with Gasteiger partial charge in [0.25, 0.3) is 5.91 Å². The molecule has 1 heterocycles. The molecule has 4 rings (SSSR count). The number of carbonyl (C=O) groups is 2. The van der Waals surface area contributed by atoms with Crippen LogP contribution in [0.25, 0.3) is 6.08 Å². The van der Waals surface area contributed by atoms with E-state index in [1.54, 1.807) is 48.5 Å². The first-order chi connectivity index (χ1) is 16.4. The molecule has 0 aliphatic carbocycles. The number of ether oxygens (including phenoxy) is 2. The summed E-state index contributed by atoms with van der Waals surface area (Å²) in [4.78, 5) is 26.3. The first-order valence-corrected chi connectivity index (χ1v) is 10.8. The van der Waals surface area contributed by atoms with E-state index >= 15 is 0 Å². The van der Waals surface area contributed by atoms with Crippen LogP contribution >= 0.6 is 23.2 Å². The van der Waals surface area contributed by atoms with E-state index in [2.05, 4.69) is 11.4 Å². The van der Waals surface area contributed by atoms with E-state index < -0.39 is 11.9 Å². The van der Waals surface area contributed by atoms with E-state index in [-0.39, 0.29) is 17.3 Å². The van der Waals surface area contributed by atoms with Crippen molar-refractivity contribution in [3.63, 3.8) is 0 Å². The molecule has 0 saturated carbocycles. The summed E-state index contributed by atoms with van der Waals surface area (Å²) in [7, 11) is 1.46. The molecule has 7 nitrogen and oxygen atoms in total. The van der Waals surface area contributed by atoms with Gasteiger partial charge in [0.1, 0.15) is 12.3 Å². The van der Waals surface area contributed by atoms with Gasteiger partial charge < -0.3 is 14.8 Å². The normalized spacial score (nSPS) is 14.2. The van der Waals surface area contributed by atoms with Crippen molar-refractivity contribution in [2.75, 3.05) is 12.0 Å². The molecule has 3 aromatic carbocycles. The third-order valence-electron chi connectivity index (χ3n) is 5.02. The quantitative estimate of drug-likeness (QED) is 0.359. The number of hydrogen-bond donors (Lipinski definition) is 1. The Balaban J connectivity index is 1.60. The number of urea groups is 1. The minimum absolute atomic E-state index is 0.0692. The number of halogens is 2. The van der Waals surface area contributed by atoms with Gasteiger partial charge in [-0.15, -0.1) is 0 Å². The molecule has 170 valence electrons. The number of imide groups is 1. The second-order valence-electron chi connectivity index (χ2n) is 7.20. The zero-order valence-electron chi connectivity index (χ0n) is 17.8. The summed E-state index contributed by atoms with van der Waals surface area (Å²) in [6.07, 6.45) is 1.49. The van der Waals surface area contributed by atoms with Crippen molar-refractivity contribution >= 4 is 46.9 Å². The summed E-state index contributed by atoms with van der Waals surface area (Å²) in [5.41, 5.74) is 2.15. The fourth-order valence-electron chi connectivity index (χ4n) is 3.42. The molecule has 0 atom stereocenters. The van der Waals surface area contributed by atoms with Crippen molar-refractivity contribution < 1.29 is 19.1 Å². The van der Waals surface area contributed by atoms with Gasteiger partial charge in [-0.3, -0.25) is 4.79 Å². The highest BCUT2D eigenvalue weighted by atomic mass is 35.5. The molecule has 0 unspecified atom stereocenters. The number of anilines is 1. The molecule has 34 heavy (non-hydrogen) atoms. The van der Waals surface area contributed by atoms with Crippen LogP contribution in [-0.2, 0) is 11.4 Å². The van der Waals surface area contributed by atoms with Gasteiger partial charge in [-0.1, -0.05) is 47.5 Å². The van der Waals surface area contributed by atoms with Gasteiger partial charge in [0.2, 0.25) is 0 Å². The molecule has 1 N–H and O–H groups in total. The maximum atomic E-state index is 12.9. The van der Waals surface area contributed by atoms with Crippen LogP contribution in [0.5, 0.6) is 11.5 Å². The Labute approximate surface area is 205 Å². The lowest BCUT2D eigenvalue weighted by atomic mass is 10.1. The van der Waals surface area contributed by atoms with Gasteiger partial charge in [-0.05, 0) is 48.0 Å². The van der Waals surface area contributed by atoms with Crippen LogP contribution in [0.3, 0.4) is 0 Å². The Kier molecular flexibility index (Phi) is 6.73. The van der Waals surface area contributed by atoms with Crippen molar-refractivity contribution in [3.8, 4) is 17.6 Å². The van der Waals surface area contributed by atoms with Gasteiger partial charge in [0, 0.05) is 10.6 Å². The SMILES string of the molecule is COc1cc(/C=C2/NC(=O)N(c3cccc(Cl)c3)C2=O)cc(Cl)c1OCc1ccccc1C#N. The van der Waals surface area contributed by atoms with Crippen LogP contribution in [0.15, 0.2) is 66.4 Å². The maximum absolute atomic E-state index is 12.9. The average molecular weight is 494 g/mol. The summed E-state index contributed by atoms with van der Waals surface area (Å²) in [5, 5.41) is 12.5. The number of hydrogen-bond acceptors (Lipinski definition) is 5. The monoisotopic (exact) mass is 493 g/mol. The van der Waals surface area contributed by atoms with Crippen molar-refractivity contribution in [2.24, 2.45) is 0 Å². The number of nitriles is 1. The number of nitrogens with one attached hydrogen (secondary N) is 1. The molecule has 3 amide bonds. The first kappa shape index (κ1) is 23.2. The van der Waals surface area contributed by atoms with E-state index in [4.69, 9.17) is 32.7 Å². The molecule has 0 radical (unpaired) electrons. The molecule has 1 aliphatic rings. The molecule has 0 spiro atoms. The molecule has 1 fully saturated rings. The van der Waals surface area contributed by atoms with E-state index in [1.807, 2.05) is 6.07 Å². The van der Waals surface area contributed by atoms with Crippen LogP contribution < -0.4 is 19.7 Å². The largest absolute Gasteiger partial charge is 0.493 e. The van der Waals surface area contributed by atoms with Crippen molar-refractivity contribution in [3.05, 3.63) is 93.1 Å². The van der Waals surface area contributed by atoms with Gasteiger partial charge in [0.05, 0.1) is 29.5 Å².